The molecule has 0 spiro atoms. The summed E-state index contributed by atoms with van der Waals surface area (Å²) < 4.78 is 5.19. The van der Waals surface area contributed by atoms with Gasteiger partial charge in [-0.2, -0.15) is 0 Å². The highest BCUT2D eigenvalue weighted by molar-refractivity contribution is 8.00. The van der Waals surface area contributed by atoms with Crippen molar-refractivity contribution in [2.45, 2.75) is 30.8 Å². The first-order chi connectivity index (χ1) is 10.6. The Kier molecular flexibility index (Phi) is 4.20. The zero-order chi connectivity index (χ0) is 15.5. The quantitative estimate of drug-likeness (QED) is 0.709. The molecule has 3 aromatic rings. The van der Waals surface area contributed by atoms with Crippen LogP contribution in [0.4, 0.5) is 0 Å². The van der Waals surface area contributed by atoms with E-state index in [0.29, 0.717) is 6.54 Å². The first kappa shape index (κ1) is 14.7. The number of furan rings is 1. The number of hydrogen-bond donors (Lipinski definition) is 2. The largest absolute Gasteiger partial charge is 0.467 e. The second kappa shape index (κ2) is 6.27. The third kappa shape index (κ3) is 3.33. The van der Waals surface area contributed by atoms with Gasteiger partial charge in [-0.1, -0.05) is 17.8 Å². The van der Waals surface area contributed by atoms with E-state index in [0.717, 1.165) is 22.0 Å². The maximum atomic E-state index is 12.1. The molecule has 0 saturated carbocycles. The zero-order valence-electron chi connectivity index (χ0n) is 12.4. The van der Waals surface area contributed by atoms with Crippen LogP contribution in [0.3, 0.4) is 0 Å². The maximum Gasteiger partial charge on any atom is 0.233 e. The zero-order valence-corrected chi connectivity index (χ0v) is 13.2. The maximum absolute atomic E-state index is 12.1. The molecule has 0 aliphatic rings. The smallest absolute Gasteiger partial charge is 0.233 e. The van der Waals surface area contributed by atoms with Gasteiger partial charge in [-0.05, 0) is 43.7 Å². The minimum atomic E-state index is -0.239. The minimum absolute atomic E-state index is 0.0435. The number of amides is 1. The highest BCUT2D eigenvalue weighted by Gasteiger charge is 2.16. The number of thioether (sulfide) groups is 1. The van der Waals surface area contributed by atoms with Crippen LogP contribution >= 0.6 is 11.8 Å². The van der Waals surface area contributed by atoms with E-state index in [4.69, 9.17) is 4.42 Å². The highest BCUT2D eigenvalue weighted by atomic mass is 32.2. The monoisotopic (exact) mass is 315 g/mol. The molecule has 1 atom stereocenters. The number of aromatic amines is 1. The Balaban J connectivity index is 1.61. The van der Waals surface area contributed by atoms with Gasteiger partial charge in [-0.3, -0.25) is 4.79 Å². The van der Waals surface area contributed by atoms with E-state index in [1.54, 1.807) is 12.3 Å². The molecule has 3 rings (SSSR count). The number of hydrogen-bond acceptors (Lipinski definition) is 4. The topological polar surface area (TPSA) is 70.9 Å². The van der Waals surface area contributed by atoms with Crippen molar-refractivity contribution < 1.29 is 9.21 Å². The first-order valence-corrected chi connectivity index (χ1v) is 7.93. The van der Waals surface area contributed by atoms with E-state index in [-0.39, 0.29) is 11.2 Å². The number of rotatable bonds is 5. The number of nitrogens with zero attached hydrogens (tertiary/aromatic N) is 1. The summed E-state index contributed by atoms with van der Waals surface area (Å²) in [7, 11) is 0. The molecule has 2 heterocycles. The Labute approximate surface area is 132 Å². The lowest BCUT2D eigenvalue weighted by molar-refractivity contribution is -0.120. The molecule has 0 saturated heterocycles. The molecule has 22 heavy (non-hydrogen) atoms. The van der Waals surface area contributed by atoms with Gasteiger partial charge in [0.1, 0.15) is 5.76 Å². The second-order valence-electron chi connectivity index (χ2n) is 5.12. The van der Waals surface area contributed by atoms with Crippen LogP contribution in [0.2, 0.25) is 0 Å². The SMILES string of the molecule is Cc1ccc2nc(S[C@H](C)C(=O)NCc3ccco3)[nH]c2c1. The number of nitrogens with one attached hydrogen (secondary N) is 2. The van der Waals surface area contributed by atoms with Gasteiger partial charge in [-0.25, -0.2) is 4.98 Å². The molecule has 5 nitrogen and oxygen atoms in total. The Morgan fingerprint density at radius 3 is 3.09 bits per heavy atom. The van der Waals surface area contributed by atoms with Crippen LogP contribution in [0, 0.1) is 6.92 Å². The van der Waals surface area contributed by atoms with Gasteiger partial charge in [0.25, 0.3) is 0 Å². The number of aryl methyl sites for hydroxylation is 1. The number of benzene rings is 1. The Morgan fingerprint density at radius 2 is 2.32 bits per heavy atom. The van der Waals surface area contributed by atoms with Crippen molar-refractivity contribution in [3.63, 3.8) is 0 Å². The van der Waals surface area contributed by atoms with Gasteiger partial charge in [-0.15, -0.1) is 0 Å². The van der Waals surface area contributed by atoms with Crippen molar-refractivity contribution in [2.75, 3.05) is 0 Å². The average Bonchev–Trinajstić information content (AvgIpc) is 3.12. The van der Waals surface area contributed by atoms with Crippen molar-refractivity contribution in [3.8, 4) is 0 Å². The number of aromatic nitrogens is 2. The van der Waals surface area contributed by atoms with E-state index in [1.807, 2.05) is 38.1 Å². The molecule has 0 aliphatic carbocycles. The molecular weight excluding hydrogens is 298 g/mol. The standard InChI is InChI=1S/C16H17N3O2S/c1-10-5-6-13-14(8-10)19-16(18-13)22-11(2)15(20)17-9-12-4-3-7-21-12/h3-8,11H,9H2,1-2H3,(H,17,20)(H,18,19)/t11-/m1/s1. The van der Waals surface area contributed by atoms with Crippen LogP contribution in [0.25, 0.3) is 11.0 Å². The Morgan fingerprint density at radius 1 is 1.45 bits per heavy atom. The first-order valence-electron chi connectivity index (χ1n) is 7.05. The van der Waals surface area contributed by atoms with Gasteiger partial charge in [0.15, 0.2) is 5.16 Å². The van der Waals surface area contributed by atoms with Gasteiger partial charge in [0, 0.05) is 0 Å². The number of H-pyrrole nitrogens is 1. The van der Waals surface area contributed by atoms with Crippen molar-refractivity contribution in [3.05, 3.63) is 47.9 Å². The summed E-state index contributed by atoms with van der Waals surface area (Å²) in [6.45, 7) is 4.30. The molecule has 0 unspecified atom stereocenters. The molecule has 6 heteroatoms. The minimum Gasteiger partial charge on any atom is -0.467 e. The molecule has 1 amide bonds. The summed E-state index contributed by atoms with van der Waals surface area (Å²) in [4.78, 5) is 19.8. The Hall–Kier alpha value is -2.21. The van der Waals surface area contributed by atoms with Crippen molar-refractivity contribution in [2.24, 2.45) is 0 Å². The Bertz CT molecular complexity index is 780. The fourth-order valence-electron chi connectivity index (χ4n) is 2.11. The average molecular weight is 315 g/mol. The molecular formula is C16H17N3O2S. The molecule has 0 radical (unpaired) electrons. The molecule has 0 bridgehead atoms. The van der Waals surface area contributed by atoms with E-state index in [1.165, 1.54) is 17.3 Å². The van der Waals surface area contributed by atoms with Crippen molar-refractivity contribution in [1.82, 2.24) is 15.3 Å². The summed E-state index contributed by atoms with van der Waals surface area (Å²) in [6, 6.07) is 9.69. The van der Waals surface area contributed by atoms with E-state index in [9.17, 15) is 4.79 Å². The van der Waals surface area contributed by atoms with Gasteiger partial charge >= 0.3 is 0 Å². The summed E-state index contributed by atoms with van der Waals surface area (Å²) in [6.07, 6.45) is 1.59. The van der Waals surface area contributed by atoms with Crippen molar-refractivity contribution in [1.29, 1.82) is 0 Å². The third-order valence-electron chi connectivity index (χ3n) is 3.29. The summed E-state index contributed by atoms with van der Waals surface area (Å²) >= 11 is 1.41. The molecule has 2 N–H and O–H groups in total. The van der Waals surface area contributed by atoms with E-state index < -0.39 is 0 Å². The molecule has 114 valence electrons. The summed E-state index contributed by atoms with van der Waals surface area (Å²) in [5, 5.41) is 3.36. The van der Waals surface area contributed by atoms with Crippen LogP contribution in [0.1, 0.15) is 18.2 Å². The van der Waals surface area contributed by atoms with Crippen LogP contribution in [-0.2, 0) is 11.3 Å². The molecule has 0 aliphatic heterocycles. The van der Waals surface area contributed by atoms with Gasteiger partial charge in [0.05, 0.1) is 29.1 Å². The van der Waals surface area contributed by atoms with Gasteiger partial charge < -0.3 is 14.7 Å². The number of carbonyl (C=O) groups is 1. The lowest BCUT2D eigenvalue weighted by atomic mass is 10.2. The highest BCUT2D eigenvalue weighted by Crippen LogP contribution is 2.24. The predicted molar refractivity (Wildman–Crippen MR) is 86.7 cm³/mol. The molecule has 0 fully saturated rings. The molecule has 2 aromatic heterocycles. The molecule has 1 aromatic carbocycles. The normalized spacial score (nSPS) is 12.5. The van der Waals surface area contributed by atoms with E-state index in [2.05, 4.69) is 15.3 Å². The van der Waals surface area contributed by atoms with Crippen LogP contribution in [0.15, 0.2) is 46.2 Å². The van der Waals surface area contributed by atoms with Crippen LogP contribution < -0.4 is 5.32 Å². The number of imidazole rings is 1. The lowest BCUT2D eigenvalue weighted by Gasteiger charge is -2.09. The third-order valence-corrected chi connectivity index (χ3v) is 4.27. The fourth-order valence-corrected chi connectivity index (χ4v) is 2.95. The predicted octanol–water partition coefficient (Wildman–Crippen LogP) is 3.26. The summed E-state index contributed by atoms with van der Waals surface area (Å²) in [5.41, 5.74) is 3.08. The van der Waals surface area contributed by atoms with Crippen LogP contribution in [0.5, 0.6) is 0 Å². The van der Waals surface area contributed by atoms with E-state index >= 15 is 0 Å². The van der Waals surface area contributed by atoms with Gasteiger partial charge in [0.2, 0.25) is 5.91 Å². The summed E-state index contributed by atoms with van der Waals surface area (Å²) in [5.74, 6) is 0.697. The number of carbonyl (C=O) groups excluding carboxylic acids is 1. The van der Waals surface area contributed by atoms with Crippen molar-refractivity contribution >= 4 is 28.7 Å². The second-order valence-corrected chi connectivity index (χ2v) is 6.45. The fraction of sp³-hybridized carbons (Fsp3) is 0.250. The number of fused-ring (bicyclic) bond motifs is 1. The lowest BCUT2D eigenvalue weighted by Crippen LogP contribution is -2.30. The van der Waals surface area contributed by atoms with Crippen LogP contribution in [-0.4, -0.2) is 21.1 Å².